The van der Waals surface area contributed by atoms with Crippen LogP contribution in [0.2, 0.25) is 0 Å². The molecular formula is C11H17F2N3. The Morgan fingerprint density at radius 1 is 1.31 bits per heavy atom. The number of nitrogens with two attached hydrogens (primary N) is 2. The fourth-order valence-electron chi connectivity index (χ4n) is 1.32. The molecule has 0 bridgehead atoms. The van der Waals surface area contributed by atoms with Crippen LogP contribution >= 0.6 is 0 Å². The van der Waals surface area contributed by atoms with Gasteiger partial charge in [0.05, 0.1) is 0 Å². The normalized spacial score (nSPS) is 12.8. The second-order valence-corrected chi connectivity index (χ2v) is 3.69. The Balaban J connectivity index is 2.32. The van der Waals surface area contributed by atoms with Crippen molar-refractivity contribution in [1.82, 2.24) is 5.32 Å². The minimum absolute atomic E-state index is 0.0851. The van der Waals surface area contributed by atoms with Gasteiger partial charge in [-0.05, 0) is 24.6 Å². The van der Waals surface area contributed by atoms with Crippen LogP contribution in [0.15, 0.2) is 18.2 Å². The number of hydrogen-bond acceptors (Lipinski definition) is 3. The summed E-state index contributed by atoms with van der Waals surface area (Å²) in [4.78, 5) is 0. The van der Waals surface area contributed by atoms with Crippen LogP contribution in [-0.2, 0) is 6.42 Å². The standard InChI is InChI=1S/C11H17F2N3/c12-9-2-1-8(11(13)5-9)3-4-16-7-10(15)6-14/h1-2,5,10,16H,3-4,6-7,14-15H2. The van der Waals surface area contributed by atoms with Crippen LogP contribution in [0.4, 0.5) is 8.78 Å². The highest BCUT2D eigenvalue weighted by atomic mass is 19.1. The van der Waals surface area contributed by atoms with Crippen LogP contribution in [0, 0.1) is 11.6 Å². The number of benzene rings is 1. The van der Waals surface area contributed by atoms with Gasteiger partial charge in [-0.25, -0.2) is 8.78 Å². The summed E-state index contributed by atoms with van der Waals surface area (Å²) in [5.41, 5.74) is 11.4. The van der Waals surface area contributed by atoms with E-state index >= 15 is 0 Å². The van der Waals surface area contributed by atoms with Crippen LogP contribution in [0.1, 0.15) is 5.56 Å². The Labute approximate surface area is 93.8 Å². The van der Waals surface area contributed by atoms with E-state index < -0.39 is 11.6 Å². The van der Waals surface area contributed by atoms with Gasteiger partial charge in [-0.15, -0.1) is 0 Å². The lowest BCUT2D eigenvalue weighted by molar-refractivity contribution is 0.555. The molecule has 3 nitrogen and oxygen atoms in total. The lowest BCUT2D eigenvalue weighted by Gasteiger charge is -2.10. The highest BCUT2D eigenvalue weighted by Crippen LogP contribution is 2.09. The summed E-state index contributed by atoms with van der Waals surface area (Å²) >= 11 is 0. The second-order valence-electron chi connectivity index (χ2n) is 3.69. The summed E-state index contributed by atoms with van der Waals surface area (Å²) < 4.78 is 25.8. The van der Waals surface area contributed by atoms with Gasteiger partial charge in [-0.1, -0.05) is 6.07 Å². The van der Waals surface area contributed by atoms with Crippen LogP contribution < -0.4 is 16.8 Å². The minimum atomic E-state index is -0.556. The van der Waals surface area contributed by atoms with E-state index in [4.69, 9.17) is 11.5 Å². The quantitative estimate of drug-likeness (QED) is 0.618. The van der Waals surface area contributed by atoms with Gasteiger partial charge in [-0.2, -0.15) is 0 Å². The molecule has 16 heavy (non-hydrogen) atoms. The van der Waals surface area contributed by atoms with Crippen molar-refractivity contribution >= 4 is 0 Å². The molecule has 0 aliphatic heterocycles. The molecule has 1 rings (SSSR count). The number of nitrogens with one attached hydrogen (secondary N) is 1. The molecule has 0 radical (unpaired) electrons. The predicted octanol–water partition coefficient (Wildman–Crippen LogP) is 0.383. The summed E-state index contributed by atoms with van der Waals surface area (Å²) in [6, 6.07) is 3.51. The fourth-order valence-corrected chi connectivity index (χ4v) is 1.32. The van der Waals surface area contributed by atoms with Crippen molar-refractivity contribution < 1.29 is 8.78 Å². The molecule has 0 saturated carbocycles. The van der Waals surface area contributed by atoms with Crippen molar-refractivity contribution in [3.63, 3.8) is 0 Å². The van der Waals surface area contributed by atoms with Crippen LogP contribution in [0.3, 0.4) is 0 Å². The van der Waals surface area contributed by atoms with Crippen molar-refractivity contribution in [3.05, 3.63) is 35.4 Å². The monoisotopic (exact) mass is 229 g/mol. The van der Waals surface area contributed by atoms with E-state index in [1.165, 1.54) is 12.1 Å². The first kappa shape index (κ1) is 13.0. The maximum absolute atomic E-state index is 13.2. The van der Waals surface area contributed by atoms with E-state index in [1.807, 2.05) is 0 Å². The Bertz CT molecular complexity index is 331. The number of hydrogen-bond donors (Lipinski definition) is 3. The highest BCUT2D eigenvalue weighted by molar-refractivity contribution is 5.18. The van der Waals surface area contributed by atoms with Gasteiger partial charge in [0.2, 0.25) is 0 Å². The topological polar surface area (TPSA) is 64.1 Å². The van der Waals surface area contributed by atoms with Crippen molar-refractivity contribution in [1.29, 1.82) is 0 Å². The van der Waals surface area contributed by atoms with E-state index in [0.29, 0.717) is 31.6 Å². The van der Waals surface area contributed by atoms with Gasteiger partial charge >= 0.3 is 0 Å². The Morgan fingerprint density at radius 2 is 2.06 bits per heavy atom. The Morgan fingerprint density at radius 3 is 2.69 bits per heavy atom. The molecule has 0 aromatic heterocycles. The van der Waals surface area contributed by atoms with Crippen LogP contribution in [-0.4, -0.2) is 25.7 Å². The van der Waals surface area contributed by atoms with E-state index in [-0.39, 0.29) is 6.04 Å². The molecule has 5 heteroatoms. The van der Waals surface area contributed by atoms with Crippen molar-refractivity contribution in [2.45, 2.75) is 12.5 Å². The first-order valence-electron chi connectivity index (χ1n) is 5.23. The van der Waals surface area contributed by atoms with Gasteiger partial charge in [0.15, 0.2) is 0 Å². The zero-order valence-electron chi connectivity index (χ0n) is 9.05. The van der Waals surface area contributed by atoms with Gasteiger partial charge < -0.3 is 16.8 Å². The average Bonchev–Trinajstić information content (AvgIpc) is 2.26. The van der Waals surface area contributed by atoms with Gasteiger partial charge in [-0.3, -0.25) is 0 Å². The molecule has 1 unspecified atom stereocenters. The average molecular weight is 229 g/mol. The van der Waals surface area contributed by atoms with Gasteiger partial charge in [0, 0.05) is 25.2 Å². The molecule has 90 valence electrons. The molecule has 1 atom stereocenters. The summed E-state index contributed by atoms with van der Waals surface area (Å²) in [6.45, 7) is 1.60. The van der Waals surface area contributed by atoms with Crippen molar-refractivity contribution in [3.8, 4) is 0 Å². The Hall–Kier alpha value is -1.04. The summed E-state index contributed by atoms with van der Waals surface area (Å²) in [5.74, 6) is -1.07. The lowest BCUT2D eigenvalue weighted by atomic mass is 10.1. The maximum Gasteiger partial charge on any atom is 0.129 e. The minimum Gasteiger partial charge on any atom is -0.329 e. The largest absolute Gasteiger partial charge is 0.329 e. The number of halogens is 2. The molecule has 0 amide bonds. The molecule has 1 aromatic rings. The first-order chi connectivity index (χ1) is 7.63. The zero-order chi connectivity index (χ0) is 12.0. The maximum atomic E-state index is 13.2. The van der Waals surface area contributed by atoms with Gasteiger partial charge in [0.25, 0.3) is 0 Å². The molecule has 5 N–H and O–H groups in total. The lowest BCUT2D eigenvalue weighted by Crippen LogP contribution is -2.40. The van der Waals surface area contributed by atoms with Gasteiger partial charge in [0.1, 0.15) is 11.6 Å². The second kappa shape index (κ2) is 6.52. The zero-order valence-corrected chi connectivity index (χ0v) is 9.05. The van der Waals surface area contributed by atoms with Crippen LogP contribution in [0.25, 0.3) is 0 Å². The summed E-state index contributed by atoms with van der Waals surface area (Å²) in [7, 11) is 0. The van der Waals surface area contributed by atoms with Crippen molar-refractivity contribution in [2.24, 2.45) is 11.5 Å². The molecule has 0 saturated heterocycles. The van der Waals surface area contributed by atoms with E-state index in [1.54, 1.807) is 0 Å². The smallest absolute Gasteiger partial charge is 0.129 e. The first-order valence-corrected chi connectivity index (χ1v) is 5.23. The molecule has 0 aliphatic rings. The summed E-state index contributed by atoms with van der Waals surface area (Å²) in [6.07, 6.45) is 0.503. The molecule has 0 fully saturated rings. The highest BCUT2D eigenvalue weighted by Gasteiger charge is 2.03. The number of rotatable bonds is 6. The van der Waals surface area contributed by atoms with Crippen molar-refractivity contribution in [2.75, 3.05) is 19.6 Å². The molecule has 0 aliphatic carbocycles. The molecular weight excluding hydrogens is 212 g/mol. The van der Waals surface area contributed by atoms with E-state index in [2.05, 4.69) is 5.32 Å². The van der Waals surface area contributed by atoms with Crippen LogP contribution in [0.5, 0.6) is 0 Å². The Kier molecular flexibility index (Phi) is 5.31. The third-order valence-electron chi connectivity index (χ3n) is 2.30. The van der Waals surface area contributed by atoms with E-state index in [9.17, 15) is 8.78 Å². The third kappa shape index (κ3) is 4.22. The fraction of sp³-hybridized carbons (Fsp3) is 0.455. The van der Waals surface area contributed by atoms with E-state index in [0.717, 1.165) is 6.07 Å². The SMILES string of the molecule is NCC(N)CNCCc1ccc(F)cc1F. The third-order valence-corrected chi connectivity index (χ3v) is 2.30. The molecule has 0 heterocycles. The molecule has 1 aromatic carbocycles. The summed E-state index contributed by atoms with van der Waals surface area (Å²) in [5, 5.41) is 3.06. The molecule has 0 spiro atoms. The predicted molar refractivity (Wildman–Crippen MR) is 60.0 cm³/mol.